The lowest BCUT2D eigenvalue weighted by molar-refractivity contribution is -0.384. The molecular weight excluding hydrogens is 338 g/mol. The quantitative estimate of drug-likeness (QED) is 0.400. The van der Waals surface area contributed by atoms with Gasteiger partial charge in [0, 0.05) is 18.7 Å². The first-order valence-corrected chi connectivity index (χ1v) is 8.40. The van der Waals surface area contributed by atoms with Gasteiger partial charge in [-0.3, -0.25) is 14.9 Å². The number of amides is 1. The number of nitro benzene ring substituents is 1. The van der Waals surface area contributed by atoms with Crippen molar-refractivity contribution in [2.24, 2.45) is 4.99 Å². The number of rotatable bonds is 5. The van der Waals surface area contributed by atoms with Crippen LogP contribution in [0.1, 0.15) is 5.56 Å². The molecule has 3 aromatic rings. The van der Waals surface area contributed by atoms with Crippen molar-refractivity contribution in [2.75, 3.05) is 0 Å². The van der Waals surface area contributed by atoms with Gasteiger partial charge >= 0.3 is 0 Å². The SMILES string of the molecule is C=CCn1c(=NC(=O)Cc2ccccc2)sc2ccc([N+](=O)[O-])cc21. The number of carbonyl (C=O) groups is 1. The van der Waals surface area contributed by atoms with Gasteiger partial charge in [-0.25, -0.2) is 0 Å². The van der Waals surface area contributed by atoms with Gasteiger partial charge in [-0.15, -0.1) is 6.58 Å². The van der Waals surface area contributed by atoms with Crippen molar-refractivity contribution in [3.05, 3.63) is 81.7 Å². The van der Waals surface area contributed by atoms with Crippen molar-refractivity contribution in [1.29, 1.82) is 0 Å². The van der Waals surface area contributed by atoms with Gasteiger partial charge in [0.05, 0.1) is 21.6 Å². The lowest BCUT2D eigenvalue weighted by Gasteiger charge is -2.01. The van der Waals surface area contributed by atoms with Crippen molar-refractivity contribution in [1.82, 2.24) is 4.57 Å². The van der Waals surface area contributed by atoms with E-state index >= 15 is 0 Å². The summed E-state index contributed by atoms with van der Waals surface area (Å²) in [4.78, 5) is 27.6. The Morgan fingerprint density at radius 1 is 1.28 bits per heavy atom. The molecule has 0 saturated carbocycles. The number of non-ortho nitro benzene ring substituents is 1. The Kier molecular flexibility index (Phi) is 4.85. The highest BCUT2D eigenvalue weighted by molar-refractivity contribution is 7.16. The number of allylic oxidation sites excluding steroid dienone is 1. The number of nitrogens with zero attached hydrogens (tertiary/aromatic N) is 3. The molecule has 2 aromatic carbocycles. The van der Waals surface area contributed by atoms with Crippen molar-refractivity contribution in [2.45, 2.75) is 13.0 Å². The van der Waals surface area contributed by atoms with E-state index in [1.54, 1.807) is 16.7 Å². The molecular formula is C18H15N3O3S. The van der Waals surface area contributed by atoms with E-state index in [1.165, 1.54) is 23.5 Å². The second-order valence-electron chi connectivity index (χ2n) is 5.36. The normalized spacial score (nSPS) is 11.6. The number of hydrogen-bond donors (Lipinski definition) is 0. The highest BCUT2D eigenvalue weighted by Gasteiger charge is 2.12. The molecule has 0 bridgehead atoms. The molecule has 0 aliphatic rings. The summed E-state index contributed by atoms with van der Waals surface area (Å²) in [7, 11) is 0. The predicted octanol–water partition coefficient (Wildman–Crippen LogP) is 3.47. The fraction of sp³-hybridized carbons (Fsp3) is 0.111. The monoisotopic (exact) mass is 353 g/mol. The molecule has 25 heavy (non-hydrogen) atoms. The topological polar surface area (TPSA) is 77.5 Å². The first-order valence-electron chi connectivity index (χ1n) is 7.58. The molecule has 0 aliphatic heterocycles. The van der Waals surface area contributed by atoms with E-state index in [9.17, 15) is 14.9 Å². The molecule has 1 heterocycles. The lowest BCUT2D eigenvalue weighted by Crippen LogP contribution is -2.17. The Labute approximate surface area is 147 Å². The average molecular weight is 353 g/mol. The van der Waals surface area contributed by atoms with Crippen molar-refractivity contribution < 1.29 is 9.72 Å². The van der Waals surface area contributed by atoms with Crippen LogP contribution in [0.15, 0.2) is 66.2 Å². The van der Waals surface area contributed by atoms with Crippen LogP contribution in [-0.2, 0) is 17.8 Å². The fourth-order valence-electron chi connectivity index (χ4n) is 2.48. The zero-order valence-electron chi connectivity index (χ0n) is 13.3. The summed E-state index contributed by atoms with van der Waals surface area (Å²) >= 11 is 1.33. The standard InChI is InChI=1S/C18H15N3O3S/c1-2-10-20-15-12-14(21(23)24)8-9-16(15)25-18(20)19-17(22)11-13-6-4-3-5-7-13/h2-9,12H,1,10-11H2. The van der Waals surface area contributed by atoms with Gasteiger partial charge in [0.25, 0.3) is 11.6 Å². The van der Waals surface area contributed by atoms with Gasteiger partial charge in [0.1, 0.15) is 0 Å². The third kappa shape index (κ3) is 3.72. The van der Waals surface area contributed by atoms with Crippen LogP contribution in [0.4, 0.5) is 5.69 Å². The van der Waals surface area contributed by atoms with E-state index in [0.717, 1.165) is 10.3 Å². The van der Waals surface area contributed by atoms with Gasteiger partial charge < -0.3 is 4.57 Å². The minimum Gasteiger partial charge on any atom is -0.312 e. The minimum atomic E-state index is -0.438. The maximum absolute atomic E-state index is 12.3. The number of aromatic nitrogens is 1. The summed E-state index contributed by atoms with van der Waals surface area (Å²) < 4.78 is 2.60. The summed E-state index contributed by atoms with van der Waals surface area (Å²) in [5.41, 5.74) is 1.57. The highest BCUT2D eigenvalue weighted by atomic mass is 32.1. The van der Waals surface area contributed by atoms with Crippen molar-refractivity contribution >= 4 is 33.1 Å². The van der Waals surface area contributed by atoms with Crippen LogP contribution in [0.5, 0.6) is 0 Å². The van der Waals surface area contributed by atoms with Crippen LogP contribution in [0.25, 0.3) is 10.2 Å². The first-order chi connectivity index (χ1) is 12.1. The van der Waals surface area contributed by atoms with E-state index < -0.39 is 4.92 Å². The van der Waals surface area contributed by atoms with E-state index in [1.807, 2.05) is 30.3 Å². The minimum absolute atomic E-state index is 0.00488. The smallest absolute Gasteiger partial charge is 0.271 e. The molecule has 1 amide bonds. The molecule has 0 spiro atoms. The molecule has 0 aliphatic carbocycles. The molecule has 6 nitrogen and oxygen atoms in total. The van der Waals surface area contributed by atoms with Crippen LogP contribution in [0.3, 0.4) is 0 Å². The summed E-state index contributed by atoms with van der Waals surface area (Å²) in [5.74, 6) is -0.259. The Bertz CT molecular complexity index is 1020. The fourth-order valence-corrected chi connectivity index (χ4v) is 3.52. The number of fused-ring (bicyclic) bond motifs is 1. The van der Waals surface area contributed by atoms with Crippen LogP contribution < -0.4 is 4.80 Å². The molecule has 0 radical (unpaired) electrons. The van der Waals surface area contributed by atoms with Crippen LogP contribution >= 0.6 is 11.3 Å². The number of hydrogen-bond acceptors (Lipinski definition) is 4. The Morgan fingerprint density at radius 3 is 2.72 bits per heavy atom. The van der Waals surface area contributed by atoms with Crippen molar-refractivity contribution in [3.63, 3.8) is 0 Å². The molecule has 1 aromatic heterocycles. The highest BCUT2D eigenvalue weighted by Crippen LogP contribution is 2.23. The van der Waals surface area contributed by atoms with Gasteiger partial charge in [0.2, 0.25) is 0 Å². The molecule has 0 unspecified atom stereocenters. The lowest BCUT2D eigenvalue weighted by atomic mass is 10.1. The maximum Gasteiger partial charge on any atom is 0.271 e. The van der Waals surface area contributed by atoms with E-state index in [2.05, 4.69) is 11.6 Å². The van der Waals surface area contributed by atoms with E-state index in [4.69, 9.17) is 0 Å². The number of carbonyl (C=O) groups excluding carboxylic acids is 1. The zero-order valence-corrected chi connectivity index (χ0v) is 14.1. The summed E-state index contributed by atoms with van der Waals surface area (Å²) in [6.07, 6.45) is 1.88. The van der Waals surface area contributed by atoms with Gasteiger partial charge in [-0.05, 0) is 11.6 Å². The van der Waals surface area contributed by atoms with Crippen molar-refractivity contribution in [3.8, 4) is 0 Å². The summed E-state index contributed by atoms with van der Waals surface area (Å²) in [6.45, 7) is 4.13. The van der Waals surface area contributed by atoms with Gasteiger partial charge in [0.15, 0.2) is 4.80 Å². The molecule has 0 fully saturated rings. The number of nitro groups is 1. The maximum atomic E-state index is 12.3. The first kappa shape index (κ1) is 16.8. The molecule has 0 atom stereocenters. The molecule has 7 heteroatoms. The molecule has 126 valence electrons. The number of benzene rings is 2. The second kappa shape index (κ2) is 7.23. The Balaban J connectivity index is 2.05. The largest absolute Gasteiger partial charge is 0.312 e. The summed E-state index contributed by atoms with van der Waals surface area (Å²) in [6, 6.07) is 14.0. The van der Waals surface area contributed by atoms with Crippen LogP contribution in [-0.4, -0.2) is 15.4 Å². The third-order valence-electron chi connectivity index (χ3n) is 3.61. The molecule has 3 rings (SSSR count). The van der Waals surface area contributed by atoms with Crippen LogP contribution in [0, 0.1) is 10.1 Å². The second-order valence-corrected chi connectivity index (χ2v) is 6.37. The predicted molar refractivity (Wildman–Crippen MR) is 97.4 cm³/mol. The van der Waals surface area contributed by atoms with E-state index in [0.29, 0.717) is 16.9 Å². The molecule has 0 saturated heterocycles. The number of thiazole rings is 1. The summed E-state index contributed by atoms with van der Waals surface area (Å²) in [5, 5.41) is 11.0. The Morgan fingerprint density at radius 2 is 2.04 bits per heavy atom. The van der Waals surface area contributed by atoms with Gasteiger partial charge in [-0.2, -0.15) is 4.99 Å². The van der Waals surface area contributed by atoms with Crippen LogP contribution in [0.2, 0.25) is 0 Å². The third-order valence-corrected chi connectivity index (χ3v) is 4.67. The van der Waals surface area contributed by atoms with Gasteiger partial charge in [-0.1, -0.05) is 47.7 Å². The Hall–Kier alpha value is -3.06. The zero-order chi connectivity index (χ0) is 17.8. The average Bonchev–Trinajstić information content (AvgIpc) is 2.92. The van der Waals surface area contributed by atoms with E-state index in [-0.39, 0.29) is 18.0 Å². The molecule has 0 N–H and O–H groups in total.